The van der Waals surface area contributed by atoms with Crippen molar-refractivity contribution < 1.29 is 4.79 Å². The summed E-state index contributed by atoms with van der Waals surface area (Å²) in [7, 11) is 0. The lowest BCUT2D eigenvalue weighted by molar-refractivity contribution is 0.0773. The molecule has 0 N–H and O–H groups in total. The summed E-state index contributed by atoms with van der Waals surface area (Å²) in [6.45, 7) is 7.08. The molecule has 16 heavy (non-hydrogen) atoms. The molecule has 0 heterocycles. The number of halogens is 1. The normalized spacial score (nSPS) is 9.88. The molecule has 0 saturated heterocycles. The fourth-order valence-corrected chi connectivity index (χ4v) is 1.96. The van der Waals surface area contributed by atoms with Crippen LogP contribution in [-0.2, 0) is 0 Å². The minimum absolute atomic E-state index is 0.0502. The summed E-state index contributed by atoms with van der Waals surface area (Å²) in [4.78, 5) is 14.0. The van der Waals surface area contributed by atoms with Crippen LogP contribution in [0.3, 0.4) is 0 Å². The predicted molar refractivity (Wildman–Crippen MR) is 70.5 cm³/mol. The van der Waals surface area contributed by atoms with E-state index in [1.165, 1.54) is 0 Å². The van der Waals surface area contributed by atoms with E-state index >= 15 is 0 Å². The Balaban J connectivity index is 2.89. The molecule has 3 heteroatoms. The fraction of sp³-hybridized carbons (Fsp3) is 0.308. The van der Waals surface area contributed by atoms with E-state index < -0.39 is 0 Å². The van der Waals surface area contributed by atoms with Crippen molar-refractivity contribution in [3.63, 3.8) is 0 Å². The number of rotatable bonds is 5. The lowest BCUT2D eigenvalue weighted by Gasteiger charge is -2.20. The Morgan fingerprint density at radius 3 is 2.75 bits per heavy atom. The number of hydrogen-bond donors (Lipinski definition) is 0. The number of benzene rings is 1. The van der Waals surface area contributed by atoms with Crippen molar-refractivity contribution in [1.82, 2.24) is 4.90 Å². The van der Waals surface area contributed by atoms with Gasteiger partial charge in [0.15, 0.2) is 0 Å². The van der Waals surface area contributed by atoms with Crippen LogP contribution in [0.15, 0.2) is 41.4 Å². The Hall–Kier alpha value is -1.09. The largest absolute Gasteiger partial charge is 0.335 e. The molecule has 0 bridgehead atoms. The molecule has 0 unspecified atom stereocenters. The zero-order valence-electron chi connectivity index (χ0n) is 9.45. The van der Waals surface area contributed by atoms with Crippen molar-refractivity contribution in [1.29, 1.82) is 0 Å². The van der Waals surface area contributed by atoms with Gasteiger partial charge in [0.05, 0.1) is 5.56 Å². The molecule has 0 aliphatic rings. The lowest BCUT2D eigenvalue weighted by Crippen LogP contribution is -2.32. The summed E-state index contributed by atoms with van der Waals surface area (Å²) in [5.74, 6) is 0.0502. The van der Waals surface area contributed by atoms with Gasteiger partial charge in [-0.05, 0) is 34.5 Å². The van der Waals surface area contributed by atoms with E-state index in [4.69, 9.17) is 0 Å². The first-order valence-corrected chi connectivity index (χ1v) is 6.14. The Morgan fingerprint density at radius 1 is 1.50 bits per heavy atom. The first-order valence-electron chi connectivity index (χ1n) is 5.35. The second-order valence-electron chi connectivity index (χ2n) is 3.52. The molecule has 0 radical (unpaired) electrons. The number of amides is 1. The van der Waals surface area contributed by atoms with Crippen molar-refractivity contribution in [2.45, 2.75) is 13.3 Å². The standard InChI is InChI=1S/C13H16BrNO/c1-3-9-15(10-4-2)13(16)11-7-5-6-8-12(11)14/h3,5-8H,1,4,9-10H2,2H3. The van der Waals surface area contributed by atoms with Gasteiger partial charge in [-0.1, -0.05) is 25.1 Å². The summed E-state index contributed by atoms with van der Waals surface area (Å²) in [5, 5.41) is 0. The Kier molecular flexibility index (Phi) is 5.26. The summed E-state index contributed by atoms with van der Waals surface area (Å²) >= 11 is 3.39. The molecule has 86 valence electrons. The highest BCUT2D eigenvalue weighted by atomic mass is 79.9. The van der Waals surface area contributed by atoms with E-state index in [1.54, 1.807) is 11.0 Å². The van der Waals surface area contributed by atoms with Gasteiger partial charge in [-0.3, -0.25) is 4.79 Å². The smallest absolute Gasteiger partial charge is 0.255 e. The van der Waals surface area contributed by atoms with E-state index in [1.807, 2.05) is 24.3 Å². The van der Waals surface area contributed by atoms with Gasteiger partial charge in [0.1, 0.15) is 0 Å². The van der Waals surface area contributed by atoms with E-state index in [2.05, 4.69) is 29.4 Å². The van der Waals surface area contributed by atoms with Crippen LogP contribution in [0.4, 0.5) is 0 Å². The summed E-state index contributed by atoms with van der Waals surface area (Å²) in [6.07, 6.45) is 2.70. The van der Waals surface area contributed by atoms with E-state index in [0.29, 0.717) is 12.1 Å². The van der Waals surface area contributed by atoms with Gasteiger partial charge in [-0.25, -0.2) is 0 Å². The number of nitrogens with zero attached hydrogens (tertiary/aromatic N) is 1. The maximum atomic E-state index is 12.2. The minimum Gasteiger partial charge on any atom is -0.335 e. The predicted octanol–water partition coefficient (Wildman–Crippen LogP) is 3.49. The van der Waals surface area contributed by atoms with Crippen LogP contribution in [0.25, 0.3) is 0 Å². The highest BCUT2D eigenvalue weighted by molar-refractivity contribution is 9.10. The molecule has 1 rings (SSSR count). The van der Waals surface area contributed by atoms with Crippen LogP contribution in [0, 0.1) is 0 Å². The molecule has 0 saturated carbocycles. The molecule has 1 aromatic rings. The Morgan fingerprint density at radius 2 is 2.19 bits per heavy atom. The van der Waals surface area contributed by atoms with Crippen LogP contribution >= 0.6 is 15.9 Å². The first kappa shape index (κ1) is 13.0. The van der Waals surface area contributed by atoms with Crippen LogP contribution < -0.4 is 0 Å². The fourth-order valence-electron chi connectivity index (χ4n) is 1.51. The maximum Gasteiger partial charge on any atom is 0.255 e. The van der Waals surface area contributed by atoms with Crippen LogP contribution in [0.1, 0.15) is 23.7 Å². The molecule has 0 aliphatic carbocycles. The molecule has 2 nitrogen and oxygen atoms in total. The summed E-state index contributed by atoms with van der Waals surface area (Å²) < 4.78 is 0.838. The van der Waals surface area contributed by atoms with Crippen molar-refractivity contribution in [3.8, 4) is 0 Å². The van der Waals surface area contributed by atoms with E-state index in [9.17, 15) is 4.79 Å². The van der Waals surface area contributed by atoms with E-state index in [-0.39, 0.29) is 5.91 Å². The topological polar surface area (TPSA) is 20.3 Å². The average Bonchev–Trinajstić information content (AvgIpc) is 2.28. The van der Waals surface area contributed by atoms with Gasteiger partial charge in [0.25, 0.3) is 5.91 Å². The number of carbonyl (C=O) groups excluding carboxylic acids is 1. The lowest BCUT2D eigenvalue weighted by atomic mass is 10.2. The SMILES string of the molecule is C=CCN(CCC)C(=O)c1ccccc1Br. The van der Waals surface area contributed by atoms with Crippen LogP contribution in [-0.4, -0.2) is 23.9 Å². The molecule has 0 atom stereocenters. The third-order valence-electron chi connectivity index (χ3n) is 2.23. The molecular weight excluding hydrogens is 266 g/mol. The average molecular weight is 282 g/mol. The third kappa shape index (κ3) is 3.20. The summed E-state index contributed by atoms with van der Waals surface area (Å²) in [5.41, 5.74) is 0.706. The molecule has 0 fully saturated rings. The second-order valence-corrected chi connectivity index (χ2v) is 4.37. The van der Waals surface area contributed by atoms with Gasteiger partial charge in [-0.2, -0.15) is 0 Å². The minimum atomic E-state index is 0.0502. The van der Waals surface area contributed by atoms with Crippen LogP contribution in [0.2, 0.25) is 0 Å². The maximum absolute atomic E-state index is 12.2. The Bertz CT molecular complexity index is 376. The zero-order chi connectivity index (χ0) is 12.0. The Labute approximate surface area is 105 Å². The van der Waals surface area contributed by atoms with Crippen molar-refractivity contribution in [2.75, 3.05) is 13.1 Å². The van der Waals surface area contributed by atoms with Crippen molar-refractivity contribution in [2.24, 2.45) is 0 Å². The zero-order valence-corrected chi connectivity index (χ0v) is 11.0. The summed E-state index contributed by atoms with van der Waals surface area (Å²) in [6, 6.07) is 7.48. The second kappa shape index (κ2) is 6.48. The monoisotopic (exact) mass is 281 g/mol. The molecule has 1 aromatic carbocycles. The van der Waals surface area contributed by atoms with Gasteiger partial charge >= 0.3 is 0 Å². The van der Waals surface area contributed by atoms with Crippen molar-refractivity contribution in [3.05, 3.63) is 47.0 Å². The molecule has 1 amide bonds. The van der Waals surface area contributed by atoms with Gasteiger partial charge < -0.3 is 4.90 Å². The number of carbonyl (C=O) groups is 1. The van der Waals surface area contributed by atoms with Gasteiger partial charge in [-0.15, -0.1) is 6.58 Å². The highest BCUT2D eigenvalue weighted by Gasteiger charge is 2.15. The molecule has 0 spiro atoms. The van der Waals surface area contributed by atoms with Gasteiger partial charge in [0, 0.05) is 17.6 Å². The molecule has 0 aliphatic heterocycles. The number of hydrogen-bond acceptors (Lipinski definition) is 1. The third-order valence-corrected chi connectivity index (χ3v) is 2.93. The van der Waals surface area contributed by atoms with Crippen LogP contribution in [0.5, 0.6) is 0 Å². The van der Waals surface area contributed by atoms with E-state index in [0.717, 1.165) is 17.4 Å². The van der Waals surface area contributed by atoms with Gasteiger partial charge in [0.2, 0.25) is 0 Å². The quantitative estimate of drug-likeness (QED) is 0.757. The highest BCUT2D eigenvalue weighted by Crippen LogP contribution is 2.17. The molecule has 0 aromatic heterocycles. The van der Waals surface area contributed by atoms with Crippen molar-refractivity contribution >= 4 is 21.8 Å². The molecular formula is C13H16BrNO. The first-order chi connectivity index (χ1) is 7.70.